The molecule has 2 aromatic carbocycles. The van der Waals surface area contributed by atoms with E-state index in [2.05, 4.69) is 24.4 Å². The smallest absolute Gasteiger partial charge is 0.121 e. The maximum absolute atomic E-state index is 6.13. The van der Waals surface area contributed by atoms with Crippen LogP contribution in [0.25, 0.3) is 0 Å². The van der Waals surface area contributed by atoms with Crippen LogP contribution in [0.2, 0.25) is 10.0 Å². The first-order valence-corrected chi connectivity index (χ1v) is 7.64. The van der Waals surface area contributed by atoms with Gasteiger partial charge in [0.25, 0.3) is 0 Å². The minimum Gasteiger partial charge on any atom is -0.496 e. The maximum Gasteiger partial charge on any atom is 0.121 e. The third-order valence-corrected chi connectivity index (χ3v) is 3.82. The van der Waals surface area contributed by atoms with Crippen molar-refractivity contribution in [2.75, 3.05) is 13.7 Å². The topological polar surface area (TPSA) is 21.3 Å². The first-order valence-electron chi connectivity index (χ1n) is 6.89. The summed E-state index contributed by atoms with van der Waals surface area (Å²) in [7, 11) is 1.68. The van der Waals surface area contributed by atoms with Crippen molar-refractivity contribution >= 4 is 23.2 Å². The Morgan fingerprint density at radius 1 is 1.05 bits per heavy atom. The van der Waals surface area contributed by atoms with Crippen LogP contribution in [0.5, 0.6) is 5.75 Å². The van der Waals surface area contributed by atoms with Crippen LogP contribution in [0.3, 0.4) is 0 Å². The van der Waals surface area contributed by atoms with E-state index < -0.39 is 0 Å². The first kappa shape index (κ1) is 16.2. The van der Waals surface area contributed by atoms with E-state index in [9.17, 15) is 0 Å². The number of nitrogens with one attached hydrogen (secondary N) is 1. The van der Waals surface area contributed by atoms with E-state index in [1.807, 2.05) is 25.1 Å². The Hall–Kier alpha value is -1.22. The minimum absolute atomic E-state index is 0.0517. The molecule has 0 heterocycles. The SMILES string of the molecule is CCNC(c1cc(Cl)cc(Cl)c1)c1ccc(OC)c(C)c1. The van der Waals surface area contributed by atoms with Crippen LogP contribution in [0, 0.1) is 6.92 Å². The Morgan fingerprint density at radius 3 is 2.24 bits per heavy atom. The fourth-order valence-electron chi connectivity index (χ4n) is 2.46. The van der Waals surface area contributed by atoms with E-state index in [0.29, 0.717) is 10.0 Å². The lowest BCUT2D eigenvalue weighted by atomic mass is 9.97. The molecular formula is C17H19Cl2NO. The van der Waals surface area contributed by atoms with Gasteiger partial charge in [-0.2, -0.15) is 0 Å². The molecule has 0 aromatic heterocycles. The van der Waals surface area contributed by atoms with Gasteiger partial charge in [0, 0.05) is 10.0 Å². The summed E-state index contributed by atoms with van der Waals surface area (Å²) in [6.07, 6.45) is 0. The number of ether oxygens (including phenoxy) is 1. The monoisotopic (exact) mass is 323 g/mol. The van der Waals surface area contributed by atoms with Gasteiger partial charge in [-0.25, -0.2) is 0 Å². The molecule has 4 heteroatoms. The summed E-state index contributed by atoms with van der Waals surface area (Å²) in [4.78, 5) is 0. The first-order chi connectivity index (χ1) is 10.0. The summed E-state index contributed by atoms with van der Waals surface area (Å²) in [5, 5.41) is 4.76. The Labute approximate surface area is 136 Å². The van der Waals surface area contributed by atoms with E-state index in [1.165, 1.54) is 0 Å². The number of halogens is 2. The Morgan fingerprint density at radius 2 is 1.71 bits per heavy atom. The highest BCUT2D eigenvalue weighted by Gasteiger charge is 2.15. The lowest BCUT2D eigenvalue weighted by molar-refractivity contribution is 0.411. The number of methoxy groups -OCH3 is 1. The standard InChI is InChI=1S/C17H19Cl2NO/c1-4-20-17(13-8-14(18)10-15(19)9-13)12-5-6-16(21-3)11(2)7-12/h5-10,17,20H,4H2,1-3H3. The van der Waals surface area contributed by atoms with Gasteiger partial charge in [0.15, 0.2) is 0 Å². The number of rotatable bonds is 5. The molecule has 1 unspecified atom stereocenters. The molecule has 0 bridgehead atoms. The minimum atomic E-state index is 0.0517. The molecule has 112 valence electrons. The van der Waals surface area contributed by atoms with Crippen molar-refractivity contribution in [3.05, 3.63) is 63.1 Å². The van der Waals surface area contributed by atoms with Crippen LogP contribution < -0.4 is 10.1 Å². The highest BCUT2D eigenvalue weighted by Crippen LogP contribution is 2.30. The molecule has 21 heavy (non-hydrogen) atoms. The normalized spacial score (nSPS) is 12.2. The maximum atomic E-state index is 6.13. The molecule has 2 aromatic rings. The largest absolute Gasteiger partial charge is 0.496 e. The average molecular weight is 324 g/mol. The zero-order valence-corrected chi connectivity index (χ0v) is 13.9. The van der Waals surface area contributed by atoms with Crippen molar-refractivity contribution in [2.24, 2.45) is 0 Å². The fraction of sp³-hybridized carbons (Fsp3) is 0.294. The number of benzene rings is 2. The second-order valence-electron chi connectivity index (χ2n) is 4.92. The van der Waals surface area contributed by atoms with Crippen molar-refractivity contribution in [3.63, 3.8) is 0 Å². The molecule has 2 rings (SSSR count). The van der Waals surface area contributed by atoms with Crippen molar-refractivity contribution in [3.8, 4) is 5.75 Å². The van der Waals surface area contributed by atoms with E-state index >= 15 is 0 Å². The third kappa shape index (κ3) is 3.91. The van der Waals surface area contributed by atoms with E-state index in [1.54, 1.807) is 13.2 Å². The van der Waals surface area contributed by atoms with Crippen molar-refractivity contribution in [1.29, 1.82) is 0 Å². The number of hydrogen-bond acceptors (Lipinski definition) is 2. The summed E-state index contributed by atoms with van der Waals surface area (Å²) in [6.45, 7) is 4.96. The molecular weight excluding hydrogens is 305 g/mol. The molecule has 0 spiro atoms. The van der Waals surface area contributed by atoms with Gasteiger partial charge in [-0.05, 0) is 54.4 Å². The molecule has 1 atom stereocenters. The van der Waals surface area contributed by atoms with Crippen LogP contribution in [0.1, 0.15) is 29.7 Å². The zero-order chi connectivity index (χ0) is 15.4. The Bertz CT molecular complexity index is 608. The predicted octanol–water partition coefficient (Wildman–Crippen LogP) is 5.01. The quantitative estimate of drug-likeness (QED) is 0.835. The molecule has 0 aliphatic rings. The lowest BCUT2D eigenvalue weighted by Crippen LogP contribution is -2.22. The summed E-state index contributed by atoms with van der Waals surface area (Å²) >= 11 is 12.3. The van der Waals surface area contributed by atoms with Gasteiger partial charge < -0.3 is 10.1 Å². The van der Waals surface area contributed by atoms with Gasteiger partial charge in [0.2, 0.25) is 0 Å². The van der Waals surface area contributed by atoms with Crippen molar-refractivity contribution in [1.82, 2.24) is 5.32 Å². The summed E-state index contributed by atoms with van der Waals surface area (Å²) in [5.41, 5.74) is 3.32. The van der Waals surface area contributed by atoms with Crippen LogP contribution in [-0.4, -0.2) is 13.7 Å². The number of aryl methyl sites for hydroxylation is 1. The third-order valence-electron chi connectivity index (χ3n) is 3.38. The number of hydrogen-bond donors (Lipinski definition) is 1. The second kappa shape index (κ2) is 7.17. The van der Waals surface area contributed by atoms with E-state index in [0.717, 1.165) is 29.0 Å². The second-order valence-corrected chi connectivity index (χ2v) is 5.80. The molecule has 0 radical (unpaired) electrons. The molecule has 0 saturated heterocycles. The Balaban J connectivity index is 2.45. The van der Waals surface area contributed by atoms with Gasteiger partial charge in [-0.3, -0.25) is 0 Å². The zero-order valence-electron chi connectivity index (χ0n) is 12.4. The van der Waals surface area contributed by atoms with Gasteiger partial charge >= 0.3 is 0 Å². The predicted molar refractivity (Wildman–Crippen MR) is 89.7 cm³/mol. The average Bonchev–Trinajstić information content (AvgIpc) is 2.43. The molecule has 0 saturated carbocycles. The highest BCUT2D eigenvalue weighted by atomic mass is 35.5. The van der Waals surface area contributed by atoms with Gasteiger partial charge in [0.1, 0.15) is 5.75 Å². The molecule has 0 aliphatic heterocycles. The molecule has 0 fully saturated rings. The van der Waals surface area contributed by atoms with Crippen LogP contribution in [0.15, 0.2) is 36.4 Å². The summed E-state index contributed by atoms with van der Waals surface area (Å²) < 4.78 is 5.32. The Kier molecular flexibility index (Phi) is 5.51. The molecule has 2 nitrogen and oxygen atoms in total. The molecule has 1 N–H and O–H groups in total. The van der Waals surface area contributed by atoms with Crippen LogP contribution in [-0.2, 0) is 0 Å². The van der Waals surface area contributed by atoms with E-state index in [-0.39, 0.29) is 6.04 Å². The van der Waals surface area contributed by atoms with Crippen LogP contribution in [0.4, 0.5) is 0 Å². The van der Waals surface area contributed by atoms with Crippen molar-refractivity contribution < 1.29 is 4.74 Å². The van der Waals surface area contributed by atoms with Crippen molar-refractivity contribution in [2.45, 2.75) is 19.9 Å². The summed E-state index contributed by atoms with van der Waals surface area (Å²) in [5.74, 6) is 0.887. The molecule has 0 aliphatic carbocycles. The van der Waals surface area contributed by atoms with Gasteiger partial charge in [-0.15, -0.1) is 0 Å². The van der Waals surface area contributed by atoms with Crippen LogP contribution >= 0.6 is 23.2 Å². The highest BCUT2D eigenvalue weighted by molar-refractivity contribution is 6.34. The fourth-order valence-corrected chi connectivity index (χ4v) is 3.00. The van der Waals surface area contributed by atoms with Gasteiger partial charge in [0.05, 0.1) is 13.2 Å². The van der Waals surface area contributed by atoms with Gasteiger partial charge in [-0.1, -0.05) is 42.3 Å². The van der Waals surface area contributed by atoms with E-state index in [4.69, 9.17) is 27.9 Å². The lowest BCUT2D eigenvalue weighted by Gasteiger charge is -2.20. The molecule has 0 amide bonds. The summed E-state index contributed by atoms with van der Waals surface area (Å²) in [6, 6.07) is 11.9.